The van der Waals surface area contributed by atoms with Gasteiger partial charge in [-0.2, -0.15) is 0 Å². The molecule has 0 aliphatic rings. The molecule has 0 rings (SSSR count). The summed E-state index contributed by atoms with van der Waals surface area (Å²) in [6.07, 6.45) is 4.59. The summed E-state index contributed by atoms with van der Waals surface area (Å²) >= 11 is 0. The number of carbonyl (C=O) groups excluding carboxylic acids is 1. The van der Waals surface area contributed by atoms with Gasteiger partial charge in [-0.3, -0.25) is 4.79 Å². The average molecular weight is 235 g/mol. The Bertz CT molecular complexity index is 170. The lowest BCUT2D eigenvalue weighted by molar-refractivity contribution is -0.116. The van der Waals surface area contributed by atoms with Crippen LogP contribution in [-0.2, 0) is 4.79 Å². The summed E-state index contributed by atoms with van der Waals surface area (Å²) in [6.45, 7) is 9.43. The summed E-state index contributed by atoms with van der Waals surface area (Å²) in [5.74, 6) is -0.0902. The van der Waals surface area contributed by atoms with Gasteiger partial charge in [0.2, 0.25) is 5.91 Å². The van der Waals surface area contributed by atoms with Crippen LogP contribution in [-0.4, -0.2) is 25.0 Å². The molecule has 0 unspecified atom stereocenters. The molecule has 0 aromatic rings. The predicted octanol–water partition coefficient (Wildman–Crippen LogP) is 1.88. The molecule has 0 aliphatic carbocycles. The lowest BCUT2D eigenvalue weighted by atomic mass is 10.2. The minimum atomic E-state index is -0.0902. The second-order valence-electron chi connectivity index (χ2n) is 3.32. The minimum absolute atomic E-state index is 0. The molecule has 0 aliphatic heterocycles. The number of carbonyl (C=O) groups is 1. The number of hydrogen-bond acceptors (Lipinski definition) is 2. The zero-order valence-electron chi connectivity index (χ0n) is 9.71. The summed E-state index contributed by atoms with van der Waals surface area (Å²) in [6, 6.07) is 0.616. The van der Waals surface area contributed by atoms with Crippen LogP contribution < -0.4 is 10.6 Å². The molecule has 0 fully saturated rings. The van der Waals surface area contributed by atoms with E-state index in [9.17, 15) is 4.79 Å². The van der Waals surface area contributed by atoms with Crippen molar-refractivity contribution in [1.82, 2.24) is 10.6 Å². The average Bonchev–Trinajstić information content (AvgIpc) is 2.23. The molecule has 0 aromatic carbocycles. The Hall–Kier alpha value is -0.540. The van der Waals surface area contributed by atoms with E-state index in [-0.39, 0.29) is 18.3 Å². The van der Waals surface area contributed by atoms with Gasteiger partial charge in [-0.1, -0.05) is 20.4 Å². The van der Waals surface area contributed by atoms with Crippen molar-refractivity contribution in [2.24, 2.45) is 0 Å². The van der Waals surface area contributed by atoms with Crippen LogP contribution in [0.2, 0.25) is 0 Å². The number of hydrogen-bond donors (Lipinski definition) is 2. The van der Waals surface area contributed by atoms with Crippen LogP contribution in [0.1, 0.15) is 33.1 Å². The Morgan fingerprint density at radius 3 is 2.40 bits per heavy atom. The number of nitrogens with one attached hydrogen (secondary N) is 2. The molecule has 0 bridgehead atoms. The molecule has 0 spiro atoms. The number of halogens is 1. The van der Waals surface area contributed by atoms with E-state index in [1.54, 1.807) is 0 Å². The molecule has 0 saturated carbocycles. The van der Waals surface area contributed by atoms with Crippen molar-refractivity contribution < 1.29 is 4.79 Å². The van der Waals surface area contributed by atoms with Crippen molar-refractivity contribution in [3.63, 3.8) is 0 Å². The standard InChI is InChI=1S/C11H22N2O.ClH/c1-4-10(5-2)12-8-7-9-13-11(14)6-3;/h6,10,12H,3-5,7-9H2,1-2H3,(H,13,14);1H. The molecule has 4 heteroatoms. The molecule has 0 heterocycles. The van der Waals surface area contributed by atoms with Crippen LogP contribution >= 0.6 is 12.4 Å². The SMILES string of the molecule is C=CC(=O)NCCCNC(CC)CC.Cl. The zero-order valence-corrected chi connectivity index (χ0v) is 10.5. The number of rotatable bonds is 8. The van der Waals surface area contributed by atoms with E-state index in [0.29, 0.717) is 6.04 Å². The normalized spacial score (nSPS) is 9.53. The van der Waals surface area contributed by atoms with Gasteiger partial charge >= 0.3 is 0 Å². The van der Waals surface area contributed by atoms with E-state index >= 15 is 0 Å². The summed E-state index contributed by atoms with van der Waals surface area (Å²) in [5, 5.41) is 6.18. The summed E-state index contributed by atoms with van der Waals surface area (Å²) < 4.78 is 0. The lowest BCUT2D eigenvalue weighted by Crippen LogP contribution is -2.31. The second-order valence-corrected chi connectivity index (χ2v) is 3.32. The lowest BCUT2D eigenvalue weighted by Gasteiger charge is -2.14. The fraction of sp³-hybridized carbons (Fsp3) is 0.727. The molecule has 0 aromatic heterocycles. The molecule has 0 atom stereocenters. The van der Waals surface area contributed by atoms with Gasteiger partial charge in [0.25, 0.3) is 0 Å². The smallest absolute Gasteiger partial charge is 0.243 e. The summed E-state index contributed by atoms with van der Waals surface area (Å²) in [7, 11) is 0. The van der Waals surface area contributed by atoms with Crippen LogP contribution in [0.5, 0.6) is 0 Å². The third kappa shape index (κ3) is 9.76. The third-order valence-electron chi connectivity index (χ3n) is 2.26. The molecular formula is C11H23ClN2O. The second kappa shape index (κ2) is 11.5. The van der Waals surface area contributed by atoms with Crippen molar-refractivity contribution in [2.75, 3.05) is 13.1 Å². The van der Waals surface area contributed by atoms with Gasteiger partial charge in [0.15, 0.2) is 0 Å². The van der Waals surface area contributed by atoms with E-state index in [0.717, 1.165) is 32.4 Å². The fourth-order valence-corrected chi connectivity index (χ4v) is 1.26. The first kappa shape index (κ1) is 16.9. The highest BCUT2D eigenvalue weighted by atomic mass is 35.5. The Morgan fingerprint density at radius 2 is 1.93 bits per heavy atom. The molecule has 3 nitrogen and oxygen atoms in total. The van der Waals surface area contributed by atoms with Crippen molar-refractivity contribution >= 4 is 18.3 Å². The van der Waals surface area contributed by atoms with E-state index in [4.69, 9.17) is 0 Å². The van der Waals surface area contributed by atoms with Crippen LogP contribution in [0, 0.1) is 0 Å². The first-order chi connectivity index (χ1) is 6.74. The molecule has 2 N–H and O–H groups in total. The van der Waals surface area contributed by atoms with E-state index in [2.05, 4.69) is 31.1 Å². The first-order valence-corrected chi connectivity index (χ1v) is 5.38. The first-order valence-electron chi connectivity index (χ1n) is 5.38. The molecule has 90 valence electrons. The van der Waals surface area contributed by atoms with Crippen molar-refractivity contribution in [3.05, 3.63) is 12.7 Å². The minimum Gasteiger partial charge on any atom is -0.353 e. The van der Waals surface area contributed by atoms with Crippen LogP contribution in [0.25, 0.3) is 0 Å². The van der Waals surface area contributed by atoms with Gasteiger partial charge in [0.05, 0.1) is 0 Å². The van der Waals surface area contributed by atoms with Gasteiger partial charge in [-0.25, -0.2) is 0 Å². The van der Waals surface area contributed by atoms with Crippen molar-refractivity contribution in [1.29, 1.82) is 0 Å². The van der Waals surface area contributed by atoms with Gasteiger partial charge < -0.3 is 10.6 Å². The Morgan fingerprint density at radius 1 is 1.33 bits per heavy atom. The van der Waals surface area contributed by atoms with E-state index in [1.807, 2.05) is 0 Å². The maximum absolute atomic E-state index is 10.8. The van der Waals surface area contributed by atoms with Crippen LogP contribution in [0.3, 0.4) is 0 Å². The monoisotopic (exact) mass is 234 g/mol. The largest absolute Gasteiger partial charge is 0.353 e. The molecular weight excluding hydrogens is 212 g/mol. The topological polar surface area (TPSA) is 41.1 Å². The Kier molecular flexibility index (Phi) is 13.0. The zero-order chi connectivity index (χ0) is 10.8. The highest BCUT2D eigenvalue weighted by Gasteiger charge is 2.00. The maximum atomic E-state index is 10.8. The number of amides is 1. The van der Waals surface area contributed by atoms with Gasteiger partial charge in [-0.15, -0.1) is 12.4 Å². The van der Waals surface area contributed by atoms with Gasteiger partial charge in [-0.05, 0) is 31.9 Å². The Balaban J connectivity index is 0. The van der Waals surface area contributed by atoms with E-state index in [1.165, 1.54) is 6.08 Å². The third-order valence-corrected chi connectivity index (χ3v) is 2.26. The fourth-order valence-electron chi connectivity index (χ4n) is 1.26. The quantitative estimate of drug-likeness (QED) is 0.498. The molecule has 0 saturated heterocycles. The maximum Gasteiger partial charge on any atom is 0.243 e. The van der Waals surface area contributed by atoms with Crippen LogP contribution in [0.4, 0.5) is 0 Å². The molecule has 1 amide bonds. The van der Waals surface area contributed by atoms with Crippen LogP contribution in [0.15, 0.2) is 12.7 Å². The molecule has 15 heavy (non-hydrogen) atoms. The van der Waals surface area contributed by atoms with E-state index < -0.39 is 0 Å². The highest BCUT2D eigenvalue weighted by Crippen LogP contribution is 1.95. The highest BCUT2D eigenvalue weighted by molar-refractivity contribution is 5.86. The molecule has 0 radical (unpaired) electrons. The summed E-state index contributed by atoms with van der Waals surface area (Å²) in [4.78, 5) is 10.8. The summed E-state index contributed by atoms with van der Waals surface area (Å²) in [5.41, 5.74) is 0. The Labute approximate surface area is 99.1 Å². The van der Waals surface area contributed by atoms with Gasteiger partial charge in [0.1, 0.15) is 0 Å². The van der Waals surface area contributed by atoms with Crippen molar-refractivity contribution in [2.45, 2.75) is 39.2 Å². The van der Waals surface area contributed by atoms with Gasteiger partial charge in [0, 0.05) is 12.6 Å². The predicted molar refractivity (Wildman–Crippen MR) is 67.4 cm³/mol. The van der Waals surface area contributed by atoms with Crippen molar-refractivity contribution in [3.8, 4) is 0 Å².